The van der Waals surface area contributed by atoms with Gasteiger partial charge in [-0.05, 0) is 12.5 Å². The fraction of sp³-hybridized carbons (Fsp3) is 0.300. The number of hydrogen-bond acceptors (Lipinski definition) is 5. The molecule has 7 nitrogen and oxygen atoms in total. The molecule has 7 heteroatoms. The van der Waals surface area contributed by atoms with Gasteiger partial charge in [-0.15, -0.1) is 0 Å². The summed E-state index contributed by atoms with van der Waals surface area (Å²) in [7, 11) is 0. The summed E-state index contributed by atoms with van der Waals surface area (Å²) in [5.74, 6) is -1.59. The zero-order valence-electron chi connectivity index (χ0n) is 8.90. The van der Waals surface area contributed by atoms with E-state index in [1.165, 1.54) is 25.1 Å². The summed E-state index contributed by atoms with van der Waals surface area (Å²) in [6.07, 6.45) is -3.72. The van der Waals surface area contributed by atoms with Gasteiger partial charge in [0.05, 0.1) is 4.92 Å². The number of carbonyl (C=O) groups is 1. The maximum absolute atomic E-state index is 10.6. The van der Waals surface area contributed by atoms with Crippen molar-refractivity contribution in [2.45, 2.75) is 19.1 Å². The lowest BCUT2D eigenvalue weighted by molar-refractivity contribution is -0.385. The van der Waals surface area contributed by atoms with E-state index in [4.69, 9.17) is 5.11 Å². The summed E-state index contributed by atoms with van der Waals surface area (Å²) in [6, 6.07) is 3.89. The van der Waals surface area contributed by atoms with Crippen molar-refractivity contribution in [2.24, 2.45) is 0 Å². The van der Waals surface area contributed by atoms with Gasteiger partial charge in [0.1, 0.15) is 6.10 Å². The third kappa shape index (κ3) is 2.58. The normalized spacial score (nSPS) is 14.1. The molecule has 0 aromatic heterocycles. The molecule has 2 atom stereocenters. The van der Waals surface area contributed by atoms with Gasteiger partial charge < -0.3 is 15.3 Å². The minimum Gasteiger partial charge on any atom is -0.479 e. The number of carboxylic acid groups (broad SMARTS) is 1. The van der Waals surface area contributed by atoms with Crippen molar-refractivity contribution in [3.05, 3.63) is 39.4 Å². The molecule has 0 radical (unpaired) electrons. The van der Waals surface area contributed by atoms with Crippen LogP contribution in [0.15, 0.2) is 18.2 Å². The Morgan fingerprint density at radius 2 is 2.00 bits per heavy atom. The van der Waals surface area contributed by atoms with E-state index in [9.17, 15) is 25.1 Å². The van der Waals surface area contributed by atoms with Gasteiger partial charge in [-0.1, -0.05) is 12.1 Å². The quantitative estimate of drug-likeness (QED) is 0.517. The molecule has 3 N–H and O–H groups in total. The fourth-order valence-corrected chi connectivity index (χ4v) is 1.46. The number of aliphatic hydroxyl groups is 2. The topological polar surface area (TPSA) is 121 Å². The zero-order valence-corrected chi connectivity index (χ0v) is 8.90. The Bertz CT molecular complexity index is 458. The average molecular weight is 241 g/mol. The highest BCUT2D eigenvalue weighted by Gasteiger charge is 2.28. The molecule has 0 saturated heterocycles. The average Bonchev–Trinajstić information content (AvgIpc) is 2.26. The number of aliphatic carboxylic acids is 1. The first-order chi connectivity index (χ1) is 7.86. The molecule has 0 aliphatic heterocycles. The third-order valence-electron chi connectivity index (χ3n) is 2.41. The second-order valence-corrected chi connectivity index (χ2v) is 3.48. The van der Waals surface area contributed by atoms with Crippen molar-refractivity contribution in [2.75, 3.05) is 0 Å². The van der Waals surface area contributed by atoms with Crippen LogP contribution in [0.2, 0.25) is 0 Å². The van der Waals surface area contributed by atoms with Crippen LogP contribution in [0.3, 0.4) is 0 Å². The van der Waals surface area contributed by atoms with E-state index in [2.05, 4.69) is 0 Å². The highest BCUT2D eigenvalue weighted by atomic mass is 16.6. The van der Waals surface area contributed by atoms with Crippen molar-refractivity contribution in [1.29, 1.82) is 0 Å². The Hall–Kier alpha value is -1.99. The Morgan fingerprint density at radius 1 is 1.41 bits per heavy atom. The summed E-state index contributed by atoms with van der Waals surface area (Å²) in [5.41, 5.74) is -0.0847. The second-order valence-electron chi connectivity index (χ2n) is 3.48. The largest absolute Gasteiger partial charge is 0.479 e. The lowest BCUT2D eigenvalue weighted by atomic mass is 9.98. The zero-order chi connectivity index (χ0) is 13.2. The molecule has 0 fully saturated rings. The van der Waals surface area contributed by atoms with Crippen LogP contribution in [-0.2, 0) is 4.79 Å². The molecule has 0 amide bonds. The molecule has 0 spiro atoms. The number of nitro benzene ring substituents is 1. The molecule has 0 bridgehead atoms. The lowest BCUT2D eigenvalue weighted by Crippen LogP contribution is -2.28. The van der Waals surface area contributed by atoms with Crippen LogP contribution in [0.1, 0.15) is 17.2 Å². The van der Waals surface area contributed by atoms with Gasteiger partial charge in [-0.2, -0.15) is 0 Å². The first kappa shape index (κ1) is 13.1. The number of aliphatic hydroxyl groups excluding tert-OH is 2. The molecular weight excluding hydrogens is 230 g/mol. The van der Waals surface area contributed by atoms with Crippen molar-refractivity contribution >= 4 is 11.7 Å². The van der Waals surface area contributed by atoms with E-state index < -0.39 is 23.1 Å². The first-order valence-corrected chi connectivity index (χ1v) is 4.69. The van der Waals surface area contributed by atoms with E-state index in [1.807, 2.05) is 0 Å². The molecule has 0 saturated carbocycles. The molecule has 2 unspecified atom stereocenters. The van der Waals surface area contributed by atoms with Crippen LogP contribution >= 0.6 is 0 Å². The first-order valence-electron chi connectivity index (χ1n) is 4.69. The Labute approximate surface area is 96.1 Å². The van der Waals surface area contributed by atoms with Crippen molar-refractivity contribution in [3.63, 3.8) is 0 Å². The van der Waals surface area contributed by atoms with Gasteiger partial charge in [0.2, 0.25) is 0 Å². The number of hydrogen-bond donors (Lipinski definition) is 3. The number of nitro groups is 1. The van der Waals surface area contributed by atoms with Crippen LogP contribution in [-0.4, -0.2) is 32.3 Å². The third-order valence-corrected chi connectivity index (χ3v) is 2.41. The van der Waals surface area contributed by atoms with E-state index in [0.29, 0.717) is 0 Å². The van der Waals surface area contributed by atoms with E-state index in [1.54, 1.807) is 0 Å². The predicted octanol–water partition coefficient (Wildman–Crippen LogP) is 0.382. The number of nitrogens with zero attached hydrogens (tertiary/aromatic N) is 1. The lowest BCUT2D eigenvalue weighted by Gasteiger charge is -2.16. The molecule has 1 rings (SSSR count). The Balaban J connectivity index is 3.19. The van der Waals surface area contributed by atoms with Gasteiger partial charge in [0, 0.05) is 11.6 Å². The standard InChI is InChI=1S/C10H11NO6/c1-5-6(8(12)9(13)10(14)15)3-2-4-7(5)11(16)17/h2-4,8-9,12-13H,1H3,(H,14,15). The van der Waals surface area contributed by atoms with Gasteiger partial charge in [0.15, 0.2) is 6.10 Å². The van der Waals surface area contributed by atoms with Gasteiger partial charge >= 0.3 is 5.97 Å². The van der Waals surface area contributed by atoms with Crippen molar-refractivity contribution in [1.82, 2.24) is 0 Å². The van der Waals surface area contributed by atoms with E-state index in [-0.39, 0.29) is 16.8 Å². The summed E-state index contributed by atoms with van der Waals surface area (Å²) < 4.78 is 0. The molecule has 92 valence electrons. The number of benzene rings is 1. The summed E-state index contributed by atoms with van der Waals surface area (Å²) >= 11 is 0. The van der Waals surface area contributed by atoms with E-state index in [0.717, 1.165) is 0 Å². The maximum atomic E-state index is 10.6. The molecule has 0 heterocycles. The fourth-order valence-electron chi connectivity index (χ4n) is 1.46. The van der Waals surface area contributed by atoms with Gasteiger partial charge in [-0.25, -0.2) is 4.79 Å². The molecular formula is C10H11NO6. The summed E-state index contributed by atoms with van der Waals surface area (Å²) in [5, 5.41) is 38.0. The van der Waals surface area contributed by atoms with Crippen LogP contribution < -0.4 is 0 Å². The Morgan fingerprint density at radius 3 is 2.47 bits per heavy atom. The van der Waals surface area contributed by atoms with Gasteiger partial charge in [-0.3, -0.25) is 10.1 Å². The number of carboxylic acids is 1. The van der Waals surface area contributed by atoms with Crippen LogP contribution in [0.5, 0.6) is 0 Å². The maximum Gasteiger partial charge on any atom is 0.335 e. The summed E-state index contributed by atoms with van der Waals surface area (Å²) in [4.78, 5) is 20.5. The molecule has 1 aromatic rings. The minimum atomic E-state index is -2.02. The summed E-state index contributed by atoms with van der Waals surface area (Å²) in [6.45, 7) is 1.38. The highest BCUT2D eigenvalue weighted by molar-refractivity contribution is 5.73. The van der Waals surface area contributed by atoms with Gasteiger partial charge in [0.25, 0.3) is 5.69 Å². The molecule has 0 aliphatic rings. The number of rotatable bonds is 4. The molecule has 0 aliphatic carbocycles. The minimum absolute atomic E-state index is 0.0223. The second kappa shape index (κ2) is 4.89. The Kier molecular flexibility index (Phi) is 3.77. The van der Waals surface area contributed by atoms with Crippen LogP contribution in [0.4, 0.5) is 5.69 Å². The highest BCUT2D eigenvalue weighted by Crippen LogP contribution is 2.27. The predicted molar refractivity (Wildman–Crippen MR) is 56.4 cm³/mol. The van der Waals surface area contributed by atoms with Crippen LogP contribution in [0, 0.1) is 17.0 Å². The van der Waals surface area contributed by atoms with Crippen molar-refractivity contribution < 1.29 is 25.0 Å². The molecule has 1 aromatic carbocycles. The van der Waals surface area contributed by atoms with Crippen molar-refractivity contribution in [3.8, 4) is 0 Å². The molecule has 17 heavy (non-hydrogen) atoms. The monoisotopic (exact) mass is 241 g/mol. The smallest absolute Gasteiger partial charge is 0.335 e. The van der Waals surface area contributed by atoms with Crippen LogP contribution in [0.25, 0.3) is 0 Å². The van der Waals surface area contributed by atoms with E-state index >= 15 is 0 Å². The SMILES string of the molecule is Cc1c(C(O)C(O)C(=O)O)cccc1[N+](=O)[O-].